The van der Waals surface area contributed by atoms with Crippen LogP contribution in [0.2, 0.25) is 0 Å². The number of methoxy groups -OCH3 is 1. The van der Waals surface area contributed by atoms with Crippen molar-refractivity contribution in [2.45, 2.75) is 39.0 Å². The average molecular weight is 281 g/mol. The van der Waals surface area contributed by atoms with Gasteiger partial charge in [-0.15, -0.1) is 0 Å². The molecule has 2 atom stereocenters. The fraction of sp³-hybridized carbons (Fsp3) is 0.714. The van der Waals surface area contributed by atoms with Crippen LogP contribution in [0.15, 0.2) is 17.1 Å². The molecule has 2 unspecified atom stereocenters. The smallest absolute Gasteiger partial charge is 0.268 e. The number of anilines is 1. The van der Waals surface area contributed by atoms with Crippen molar-refractivity contribution >= 4 is 5.69 Å². The van der Waals surface area contributed by atoms with Crippen LogP contribution in [0.3, 0.4) is 0 Å². The van der Waals surface area contributed by atoms with Crippen molar-refractivity contribution in [1.29, 1.82) is 0 Å². The van der Waals surface area contributed by atoms with E-state index >= 15 is 0 Å². The van der Waals surface area contributed by atoms with E-state index in [2.05, 4.69) is 10.00 Å². The highest BCUT2D eigenvalue weighted by Gasteiger charge is 2.23. The first-order valence-corrected chi connectivity index (χ1v) is 7.04. The quantitative estimate of drug-likeness (QED) is 0.850. The average Bonchev–Trinajstić information content (AvgIpc) is 2.89. The van der Waals surface area contributed by atoms with Gasteiger partial charge in [-0.05, 0) is 12.3 Å². The molecule has 0 radical (unpaired) electrons. The molecule has 2 rings (SSSR count). The number of ether oxygens (including phenoxy) is 1. The van der Waals surface area contributed by atoms with Crippen molar-refractivity contribution in [2.75, 3.05) is 25.1 Å². The lowest BCUT2D eigenvalue weighted by Crippen LogP contribution is -2.32. The molecule has 1 N–H and O–H groups in total. The van der Waals surface area contributed by atoms with E-state index in [4.69, 9.17) is 4.74 Å². The summed E-state index contributed by atoms with van der Waals surface area (Å²) >= 11 is 0. The summed E-state index contributed by atoms with van der Waals surface area (Å²) in [5, 5.41) is 14.0. The Kier molecular flexibility index (Phi) is 4.77. The Balaban J connectivity index is 2.08. The lowest BCUT2D eigenvalue weighted by Gasteiger charge is -2.19. The van der Waals surface area contributed by atoms with E-state index < -0.39 is 6.10 Å². The van der Waals surface area contributed by atoms with Crippen LogP contribution in [0.4, 0.5) is 5.69 Å². The van der Waals surface area contributed by atoms with Crippen LogP contribution in [0.25, 0.3) is 0 Å². The molecule has 1 aromatic rings. The molecule has 0 spiro atoms. The number of rotatable bonds is 5. The van der Waals surface area contributed by atoms with Gasteiger partial charge < -0.3 is 14.7 Å². The highest BCUT2D eigenvalue weighted by Crippen LogP contribution is 2.19. The Labute approximate surface area is 119 Å². The molecule has 1 fully saturated rings. The minimum Gasteiger partial charge on any atom is -0.391 e. The SMILES string of the molecule is COC1CCN(c2cnn(CC(O)C(C)C)c(=O)c2)C1. The first-order chi connectivity index (χ1) is 9.51. The van der Waals surface area contributed by atoms with Gasteiger partial charge >= 0.3 is 0 Å². The highest BCUT2D eigenvalue weighted by molar-refractivity contribution is 5.44. The summed E-state index contributed by atoms with van der Waals surface area (Å²) in [6, 6.07) is 1.58. The standard InChI is InChI=1S/C14H23N3O3/c1-10(2)13(18)9-17-14(19)6-11(7-15-17)16-5-4-12(8-16)20-3/h6-7,10,12-13,18H,4-5,8-9H2,1-3H3. The Morgan fingerprint density at radius 2 is 2.30 bits per heavy atom. The maximum absolute atomic E-state index is 12.0. The molecule has 1 aromatic heterocycles. The normalized spacial score (nSPS) is 20.6. The molecule has 0 amide bonds. The predicted octanol–water partition coefficient (Wildman–Crippen LogP) is 0.485. The highest BCUT2D eigenvalue weighted by atomic mass is 16.5. The van der Waals surface area contributed by atoms with E-state index in [1.807, 2.05) is 13.8 Å². The van der Waals surface area contributed by atoms with Crippen LogP contribution in [-0.4, -0.2) is 47.3 Å². The largest absolute Gasteiger partial charge is 0.391 e. The van der Waals surface area contributed by atoms with Crippen molar-refractivity contribution in [2.24, 2.45) is 5.92 Å². The van der Waals surface area contributed by atoms with Crippen molar-refractivity contribution < 1.29 is 9.84 Å². The van der Waals surface area contributed by atoms with Crippen molar-refractivity contribution in [1.82, 2.24) is 9.78 Å². The molecular formula is C14H23N3O3. The molecule has 1 saturated heterocycles. The van der Waals surface area contributed by atoms with E-state index in [1.54, 1.807) is 19.4 Å². The number of hydrogen-bond acceptors (Lipinski definition) is 5. The van der Waals surface area contributed by atoms with Gasteiger partial charge in [0.1, 0.15) is 0 Å². The van der Waals surface area contributed by atoms with Crippen LogP contribution >= 0.6 is 0 Å². The summed E-state index contributed by atoms with van der Waals surface area (Å²) in [7, 11) is 1.71. The van der Waals surface area contributed by atoms with Crippen LogP contribution < -0.4 is 10.5 Å². The fourth-order valence-electron chi connectivity index (χ4n) is 2.28. The Hall–Kier alpha value is -1.40. The second kappa shape index (κ2) is 6.37. The molecular weight excluding hydrogens is 258 g/mol. The molecule has 2 heterocycles. The summed E-state index contributed by atoms with van der Waals surface area (Å²) in [4.78, 5) is 14.1. The molecule has 112 valence electrons. The molecule has 0 aliphatic carbocycles. The number of hydrogen-bond donors (Lipinski definition) is 1. The number of aliphatic hydroxyl groups is 1. The van der Waals surface area contributed by atoms with Gasteiger partial charge in [-0.2, -0.15) is 5.10 Å². The zero-order valence-corrected chi connectivity index (χ0v) is 12.3. The topological polar surface area (TPSA) is 67.6 Å². The third kappa shape index (κ3) is 3.37. The van der Waals surface area contributed by atoms with Gasteiger partial charge in [0.05, 0.1) is 30.6 Å². The third-order valence-corrected chi connectivity index (χ3v) is 3.83. The summed E-state index contributed by atoms with van der Waals surface area (Å²) in [5.74, 6) is 0.101. The van der Waals surface area contributed by atoms with E-state index in [0.717, 1.165) is 25.2 Å². The van der Waals surface area contributed by atoms with Gasteiger partial charge in [-0.25, -0.2) is 4.68 Å². The van der Waals surface area contributed by atoms with Crippen LogP contribution in [0, 0.1) is 5.92 Å². The monoisotopic (exact) mass is 281 g/mol. The van der Waals surface area contributed by atoms with Crippen molar-refractivity contribution in [3.63, 3.8) is 0 Å². The van der Waals surface area contributed by atoms with Gasteiger partial charge in [-0.3, -0.25) is 4.79 Å². The summed E-state index contributed by atoms with van der Waals surface area (Å²) in [6.45, 7) is 5.73. The Bertz CT molecular complexity index is 501. The molecule has 1 aliphatic rings. The van der Waals surface area contributed by atoms with E-state index in [9.17, 15) is 9.90 Å². The molecule has 1 aliphatic heterocycles. The van der Waals surface area contributed by atoms with Crippen LogP contribution in [-0.2, 0) is 11.3 Å². The van der Waals surface area contributed by atoms with E-state index in [-0.39, 0.29) is 24.1 Å². The minimum atomic E-state index is -0.560. The molecule has 6 heteroatoms. The number of aliphatic hydroxyl groups excluding tert-OH is 1. The van der Waals surface area contributed by atoms with Crippen LogP contribution in [0.5, 0.6) is 0 Å². The lowest BCUT2D eigenvalue weighted by atomic mass is 10.1. The van der Waals surface area contributed by atoms with Gasteiger partial charge in [0.2, 0.25) is 0 Å². The first-order valence-electron chi connectivity index (χ1n) is 7.04. The summed E-state index contributed by atoms with van der Waals surface area (Å²) in [6.07, 6.45) is 2.31. The fourth-order valence-corrected chi connectivity index (χ4v) is 2.28. The zero-order chi connectivity index (χ0) is 14.7. The maximum atomic E-state index is 12.0. The van der Waals surface area contributed by atoms with Gasteiger partial charge in [0.25, 0.3) is 5.56 Å². The van der Waals surface area contributed by atoms with Gasteiger partial charge in [0.15, 0.2) is 0 Å². The van der Waals surface area contributed by atoms with Crippen LogP contribution in [0.1, 0.15) is 20.3 Å². The summed E-state index contributed by atoms with van der Waals surface area (Å²) in [5.41, 5.74) is 0.646. The lowest BCUT2D eigenvalue weighted by molar-refractivity contribution is 0.101. The van der Waals surface area contributed by atoms with Gasteiger partial charge in [0, 0.05) is 26.3 Å². The maximum Gasteiger partial charge on any atom is 0.268 e. The molecule has 0 aromatic carbocycles. The molecule has 20 heavy (non-hydrogen) atoms. The summed E-state index contributed by atoms with van der Waals surface area (Å²) < 4.78 is 6.63. The zero-order valence-electron chi connectivity index (χ0n) is 12.3. The van der Waals surface area contributed by atoms with Gasteiger partial charge in [-0.1, -0.05) is 13.8 Å². The molecule has 0 bridgehead atoms. The second-order valence-electron chi connectivity index (χ2n) is 5.64. The third-order valence-electron chi connectivity index (χ3n) is 3.83. The first kappa shape index (κ1) is 15.0. The predicted molar refractivity (Wildman–Crippen MR) is 77.0 cm³/mol. The molecule has 6 nitrogen and oxygen atoms in total. The second-order valence-corrected chi connectivity index (χ2v) is 5.64. The van der Waals surface area contributed by atoms with E-state index in [0.29, 0.717) is 0 Å². The van der Waals surface area contributed by atoms with Crippen molar-refractivity contribution in [3.8, 4) is 0 Å². The number of nitrogens with zero attached hydrogens (tertiary/aromatic N) is 3. The van der Waals surface area contributed by atoms with Crippen molar-refractivity contribution in [3.05, 3.63) is 22.6 Å². The minimum absolute atomic E-state index is 0.101. The molecule has 0 saturated carbocycles. The van der Waals surface area contributed by atoms with E-state index in [1.165, 1.54) is 4.68 Å². The number of aromatic nitrogens is 2. The Morgan fingerprint density at radius 1 is 1.55 bits per heavy atom. The Morgan fingerprint density at radius 3 is 2.85 bits per heavy atom.